The van der Waals surface area contributed by atoms with Crippen LogP contribution in [0.5, 0.6) is 0 Å². The van der Waals surface area contributed by atoms with Gasteiger partial charge in [0.1, 0.15) is 0 Å². The summed E-state index contributed by atoms with van der Waals surface area (Å²) < 4.78 is 22.5. The molecule has 0 atom stereocenters. The fraction of sp³-hybridized carbons (Fsp3) is 0.0909. The van der Waals surface area contributed by atoms with Gasteiger partial charge in [0.15, 0.2) is 0 Å². The van der Waals surface area contributed by atoms with Gasteiger partial charge in [0.05, 0.1) is 4.90 Å². The van der Waals surface area contributed by atoms with Crippen molar-refractivity contribution < 1.29 is 18.0 Å². The molecule has 0 fully saturated rings. The van der Waals surface area contributed by atoms with Gasteiger partial charge in [-0.3, -0.25) is 9.59 Å². The number of sulfonamides is 1. The first-order chi connectivity index (χ1) is 14.3. The summed E-state index contributed by atoms with van der Waals surface area (Å²) in [6.07, 6.45) is 0. The lowest BCUT2D eigenvalue weighted by Crippen LogP contribution is -2.24. The number of nitrogens with one attached hydrogen (secondary N) is 2. The number of nitrogens with two attached hydrogens (primary N) is 1. The van der Waals surface area contributed by atoms with Gasteiger partial charge in [-0.25, -0.2) is 13.6 Å². The summed E-state index contributed by atoms with van der Waals surface area (Å²) in [5.41, 5.74) is 2.69. The van der Waals surface area contributed by atoms with Crippen LogP contribution in [0, 0.1) is 0 Å². The van der Waals surface area contributed by atoms with E-state index < -0.39 is 10.0 Å². The highest BCUT2D eigenvalue weighted by Gasteiger charge is 2.09. The average Bonchev–Trinajstić information content (AvgIpc) is 2.76. The molecule has 4 N–H and O–H groups in total. The Hall–Kier alpha value is -3.49. The summed E-state index contributed by atoms with van der Waals surface area (Å²) in [5.74, 6) is -0.420. The standard InChI is InChI=1S/C22H21N3O4S/c23-30(28,29)20-12-8-17(9-13-20)15-25-22(27)19-10-6-16(7-11-19)14-24-21(26)18-4-2-1-3-5-18/h1-13H,14-15H2,(H,24,26)(H,25,27)(H2,23,28,29). The van der Waals surface area contributed by atoms with Gasteiger partial charge < -0.3 is 10.6 Å². The molecule has 3 rings (SSSR count). The average molecular weight is 423 g/mol. The van der Waals surface area contributed by atoms with Crippen LogP contribution >= 0.6 is 0 Å². The minimum Gasteiger partial charge on any atom is -0.348 e. The van der Waals surface area contributed by atoms with Crippen molar-refractivity contribution in [2.45, 2.75) is 18.0 Å². The second-order valence-corrected chi connectivity index (χ2v) is 8.18. The summed E-state index contributed by atoms with van der Waals surface area (Å²) >= 11 is 0. The smallest absolute Gasteiger partial charge is 0.251 e. The number of primary sulfonamides is 1. The van der Waals surface area contributed by atoms with Crippen LogP contribution in [0.25, 0.3) is 0 Å². The summed E-state index contributed by atoms with van der Waals surface area (Å²) in [6.45, 7) is 0.602. The van der Waals surface area contributed by atoms with Crippen LogP contribution in [0.1, 0.15) is 31.8 Å². The van der Waals surface area contributed by atoms with E-state index in [-0.39, 0.29) is 23.3 Å². The van der Waals surface area contributed by atoms with Crippen molar-refractivity contribution in [2.24, 2.45) is 5.14 Å². The van der Waals surface area contributed by atoms with Gasteiger partial charge in [-0.15, -0.1) is 0 Å². The largest absolute Gasteiger partial charge is 0.348 e. The number of amides is 2. The van der Waals surface area contributed by atoms with Crippen LogP contribution in [-0.4, -0.2) is 20.2 Å². The molecule has 3 aromatic rings. The molecule has 154 valence electrons. The van der Waals surface area contributed by atoms with Gasteiger partial charge in [-0.2, -0.15) is 0 Å². The third-order valence-electron chi connectivity index (χ3n) is 4.41. The van der Waals surface area contributed by atoms with E-state index in [1.54, 1.807) is 60.7 Å². The van der Waals surface area contributed by atoms with E-state index in [9.17, 15) is 18.0 Å². The molecule has 0 bridgehead atoms. The predicted molar refractivity (Wildman–Crippen MR) is 113 cm³/mol. The quantitative estimate of drug-likeness (QED) is 0.540. The lowest BCUT2D eigenvalue weighted by molar-refractivity contribution is 0.0941. The Labute approximate surface area is 175 Å². The van der Waals surface area contributed by atoms with Gasteiger partial charge in [-0.05, 0) is 47.5 Å². The first kappa shape index (κ1) is 21.2. The van der Waals surface area contributed by atoms with Crippen LogP contribution in [0.4, 0.5) is 0 Å². The van der Waals surface area contributed by atoms with Gasteiger partial charge in [-0.1, -0.05) is 42.5 Å². The van der Waals surface area contributed by atoms with Crippen LogP contribution in [-0.2, 0) is 23.1 Å². The molecule has 0 spiro atoms. The number of carbonyl (C=O) groups excluding carboxylic acids is 2. The molecular weight excluding hydrogens is 402 g/mol. The lowest BCUT2D eigenvalue weighted by Gasteiger charge is -2.08. The maximum atomic E-state index is 12.3. The monoisotopic (exact) mass is 423 g/mol. The molecule has 3 aromatic carbocycles. The van der Waals surface area contributed by atoms with Gasteiger partial charge in [0, 0.05) is 24.2 Å². The minimum absolute atomic E-state index is 0.0209. The Kier molecular flexibility index (Phi) is 6.61. The molecule has 0 aliphatic carbocycles. The van der Waals surface area contributed by atoms with E-state index >= 15 is 0 Å². The first-order valence-electron chi connectivity index (χ1n) is 9.15. The maximum Gasteiger partial charge on any atom is 0.251 e. The molecule has 30 heavy (non-hydrogen) atoms. The molecule has 0 aliphatic heterocycles. The highest BCUT2D eigenvalue weighted by Crippen LogP contribution is 2.10. The molecule has 0 aliphatic rings. The number of carbonyl (C=O) groups is 2. The fourth-order valence-electron chi connectivity index (χ4n) is 2.73. The Morgan fingerprint density at radius 1 is 0.667 bits per heavy atom. The van der Waals surface area contributed by atoms with Gasteiger partial charge in [0.2, 0.25) is 10.0 Å². The van der Waals surface area contributed by atoms with Crippen molar-refractivity contribution in [2.75, 3.05) is 0 Å². The molecule has 8 heteroatoms. The second kappa shape index (κ2) is 9.34. The fourth-order valence-corrected chi connectivity index (χ4v) is 3.24. The van der Waals surface area contributed by atoms with Crippen molar-refractivity contribution >= 4 is 21.8 Å². The Balaban J connectivity index is 1.51. The van der Waals surface area contributed by atoms with Crippen molar-refractivity contribution in [3.8, 4) is 0 Å². The predicted octanol–water partition coefficient (Wildman–Crippen LogP) is 2.19. The van der Waals surface area contributed by atoms with E-state index in [1.165, 1.54) is 12.1 Å². The molecule has 0 radical (unpaired) electrons. The molecule has 0 unspecified atom stereocenters. The molecular formula is C22H21N3O4S. The zero-order valence-corrected chi connectivity index (χ0v) is 16.9. The maximum absolute atomic E-state index is 12.3. The highest BCUT2D eigenvalue weighted by atomic mass is 32.2. The third-order valence-corrected chi connectivity index (χ3v) is 5.34. The molecule has 0 saturated heterocycles. The van der Waals surface area contributed by atoms with E-state index in [0.717, 1.165) is 11.1 Å². The van der Waals surface area contributed by atoms with Gasteiger partial charge in [0.25, 0.3) is 11.8 Å². The topological polar surface area (TPSA) is 118 Å². The number of benzene rings is 3. The molecule has 7 nitrogen and oxygen atoms in total. The number of rotatable bonds is 7. The van der Waals surface area contributed by atoms with E-state index in [2.05, 4.69) is 10.6 Å². The van der Waals surface area contributed by atoms with Crippen molar-refractivity contribution in [3.63, 3.8) is 0 Å². The molecule has 2 amide bonds. The van der Waals surface area contributed by atoms with Crippen molar-refractivity contribution in [3.05, 3.63) is 101 Å². The Morgan fingerprint density at radius 2 is 1.10 bits per heavy atom. The molecule has 0 saturated carbocycles. The van der Waals surface area contributed by atoms with Crippen LogP contribution in [0.15, 0.2) is 83.8 Å². The highest BCUT2D eigenvalue weighted by molar-refractivity contribution is 7.89. The summed E-state index contributed by atoms with van der Waals surface area (Å²) in [6, 6.07) is 21.8. The van der Waals surface area contributed by atoms with Crippen LogP contribution in [0.3, 0.4) is 0 Å². The van der Waals surface area contributed by atoms with Crippen molar-refractivity contribution in [1.29, 1.82) is 0 Å². The van der Waals surface area contributed by atoms with Crippen molar-refractivity contribution in [1.82, 2.24) is 10.6 Å². The summed E-state index contributed by atoms with van der Waals surface area (Å²) in [4.78, 5) is 24.4. The van der Waals surface area contributed by atoms with Gasteiger partial charge >= 0.3 is 0 Å². The number of hydrogen-bond acceptors (Lipinski definition) is 4. The van der Waals surface area contributed by atoms with Crippen LogP contribution < -0.4 is 15.8 Å². The van der Waals surface area contributed by atoms with E-state index in [0.29, 0.717) is 17.7 Å². The lowest BCUT2D eigenvalue weighted by atomic mass is 10.1. The summed E-state index contributed by atoms with van der Waals surface area (Å²) in [5, 5.41) is 10.7. The zero-order chi connectivity index (χ0) is 21.6. The Morgan fingerprint density at radius 3 is 1.57 bits per heavy atom. The number of hydrogen-bond donors (Lipinski definition) is 3. The first-order valence-corrected chi connectivity index (χ1v) is 10.7. The SMILES string of the molecule is NS(=O)(=O)c1ccc(CNC(=O)c2ccc(CNC(=O)c3ccccc3)cc2)cc1. The van der Waals surface area contributed by atoms with Crippen LogP contribution in [0.2, 0.25) is 0 Å². The third kappa shape index (κ3) is 5.76. The molecule has 0 heterocycles. The zero-order valence-electron chi connectivity index (χ0n) is 16.0. The second-order valence-electron chi connectivity index (χ2n) is 6.62. The molecule has 0 aromatic heterocycles. The minimum atomic E-state index is -3.74. The Bertz CT molecular complexity index is 1130. The normalized spacial score (nSPS) is 11.0. The summed E-state index contributed by atoms with van der Waals surface area (Å²) in [7, 11) is -3.74. The van der Waals surface area contributed by atoms with E-state index in [4.69, 9.17) is 5.14 Å². The van der Waals surface area contributed by atoms with E-state index in [1.807, 2.05) is 6.07 Å².